The van der Waals surface area contributed by atoms with E-state index in [2.05, 4.69) is 29.0 Å². The molecular weight excluding hydrogens is 564 g/mol. The van der Waals surface area contributed by atoms with Gasteiger partial charge in [-0.1, -0.05) is 52.4 Å². The maximum Gasteiger partial charge on any atom is 0.414 e. The summed E-state index contributed by atoms with van der Waals surface area (Å²) in [6.45, 7) is 9.66. The molecule has 0 bridgehead atoms. The molecular formula is C33H52N4O7. The molecule has 0 atom stereocenters. The molecule has 246 valence electrons. The molecule has 3 N–H and O–H groups in total. The number of anilines is 1. The third-order valence-corrected chi connectivity index (χ3v) is 8.55. The number of hydrogen-bond donors (Lipinski definition) is 3. The standard InChI is InChI=1S/C31H50N4O3.C2H2O4/c1-4-33(5-2)23-24-34(31(38)26-18-20-27(21-19-26)32-25(3)36)22-12-17-30(37)35(28-13-8-6-9-14-28)29-15-10-7-11-16-29;3-1(4)2(5)6/h18-21,28-29H,4-17,22-24H2,1-3H3,(H,32,36);(H,3,4)(H,5,6). The fourth-order valence-corrected chi connectivity index (χ4v) is 6.17. The SMILES string of the molecule is CCN(CC)CCN(CCCC(=O)N(C1CCCCC1)C1CCCCC1)C(=O)c1ccc(NC(C)=O)cc1.O=C(O)C(=O)O. The summed E-state index contributed by atoms with van der Waals surface area (Å²) in [6.07, 6.45) is 13.3. The Morgan fingerprint density at radius 1 is 0.750 bits per heavy atom. The largest absolute Gasteiger partial charge is 0.473 e. The van der Waals surface area contributed by atoms with Crippen LogP contribution in [0.15, 0.2) is 24.3 Å². The van der Waals surface area contributed by atoms with E-state index in [4.69, 9.17) is 19.8 Å². The summed E-state index contributed by atoms with van der Waals surface area (Å²) >= 11 is 0. The number of benzene rings is 1. The Morgan fingerprint density at radius 2 is 1.25 bits per heavy atom. The number of nitrogens with zero attached hydrogens (tertiary/aromatic N) is 3. The van der Waals surface area contributed by atoms with Crippen molar-refractivity contribution in [1.82, 2.24) is 14.7 Å². The minimum Gasteiger partial charge on any atom is -0.473 e. The van der Waals surface area contributed by atoms with Crippen LogP contribution in [0.5, 0.6) is 0 Å². The van der Waals surface area contributed by atoms with Crippen LogP contribution in [0.4, 0.5) is 5.69 Å². The maximum atomic E-state index is 13.6. The van der Waals surface area contributed by atoms with Crippen molar-refractivity contribution < 1.29 is 34.2 Å². The summed E-state index contributed by atoms with van der Waals surface area (Å²) < 4.78 is 0. The van der Waals surface area contributed by atoms with Crippen LogP contribution in [0.2, 0.25) is 0 Å². The minimum absolute atomic E-state index is 0.0182. The smallest absolute Gasteiger partial charge is 0.414 e. The van der Waals surface area contributed by atoms with E-state index in [1.165, 1.54) is 45.4 Å². The highest BCUT2D eigenvalue weighted by Crippen LogP contribution is 2.31. The van der Waals surface area contributed by atoms with Gasteiger partial charge in [0.1, 0.15) is 0 Å². The summed E-state index contributed by atoms with van der Waals surface area (Å²) in [7, 11) is 0. The number of aliphatic carboxylic acids is 2. The van der Waals surface area contributed by atoms with Crippen LogP contribution < -0.4 is 5.32 Å². The van der Waals surface area contributed by atoms with Crippen LogP contribution in [-0.2, 0) is 19.2 Å². The van der Waals surface area contributed by atoms with Gasteiger partial charge in [0, 0.05) is 56.3 Å². The molecule has 0 heterocycles. The summed E-state index contributed by atoms with van der Waals surface area (Å²) in [6, 6.07) is 7.90. The Bertz CT molecular complexity index is 1030. The lowest BCUT2D eigenvalue weighted by atomic mass is 9.88. The molecule has 0 unspecified atom stereocenters. The fourth-order valence-electron chi connectivity index (χ4n) is 6.17. The van der Waals surface area contributed by atoms with E-state index >= 15 is 0 Å². The van der Waals surface area contributed by atoms with E-state index in [0.717, 1.165) is 45.3 Å². The Hall–Kier alpha value is -3.47. The molecule has 2 fully saturated rings. The Morgan fingerprint density at radius 3 is 1.68 bits per heavy atom. The second-order valence-electron chi connectivity index (χ2n) is 11.7. The van der Waals surface area contributed by atoms with Gasteiger partial charge in [0.25, 0.3) is 5.91 Å². The minimum atomic E-state index is -1.82. The molecule has 1 aromatic rings. The van der Waals surface area contributed by atoms with Crippen LogP contribution in [0.1, 0.15) is 108 Å². The number of likely N-dealkylation sites (N-methyl/N-ethyl adjacent to an activating group) is 1. The number of amides is 3. The first kappa shape index (κ1) is 36.7. The van der Waals surface area contributed by atoms with Crippen molar-refractivity contribution in [1.29, 1.82) is 0 Å². The fraction of sp³-hybridized carbons (Fsp3) is 0.667. The molecule has 2 saturated carbocycles. The topological polar surface area (TPSA) is 148 Å². The van der Waals surface area contributed by atoms with Gasteiger partial charge in [-0.3, -0.25) is 14.4 Å². The molecule has 11 heteroatoms. The number of hydrogen-bond acceptors (Lipinski definition) is 6. The highest BCUT2D eigenvalue weighted by Gasteiger charge is 2.32. The molecule has 2 aliphatic carbocycles. The quantitative estimate of drug-likeness (QED) is 0.266. The third-order valence-electron chi connectivity index (χ3n) is 8.55. The van der Waals surface area contributed by atoms with Crippen molar-refractivity contribution in [2.75, 3.05) is 38.0 Å². The lowest BCUT2D eigenvalue weighted by Crippen LogP contribution is -2.49. The number of carbonyl (C=O) groups excluding carboxylic acids is 3. The predicted octanol–water partition coefficient (Wildman–Crippen LogP) is 4.86. The maximum absolute atomic E-state index is 13.6. The summed E-state index contributed by atoms with van der Waals surface area (Å²) in [4.78, 5) is 63.2. The van der Waals surface area contributed by atoms with Crippen molar-refractivity contribution in [2.45, 2.75) is 110 Å². The van der Waals surface area contributed by atoms with Gasteiger partial charge in [-0.05, 0) is 69.5 Å². The predicted molar refractivity (Wildman–Crippen MR) is 170 cm³/mol. The van der Waals surface area contributed by atoms with Gasteiger partial charge in [0.2, 0.25) is 11.8 Å². The van der Waals surface area contributed by atoms with Crippen LogP contribution in [0, 0.1) is 0 Å². The normalized spacial score (nSPS) is 15.5. The third kappa shape index (κ3) is 12.6. The van der Waals surface area contributed by atoms with Crippen molar-refractivity contribution in [3.05, 3.63) is 29.8 Å². The van der Waals surface area contributed by atoms with Gasteiger partial charge in [0.05, 0.1) is 0 Å². The first-order valence-electron chi connectivity index (χ1n) is 16.2. The average molecular weight is 617 g/mol. The van der Waals surface area contributed by atoms with Crippen molar-refractivity contribution in [2.24, 2.45) is 0 Å². The number of nitrogens with one attached hydrogen (secondary N) is 1. The van der Waals surface area contributed by atoms with E-state index < -0.39 is 11.9 Å². The second-order valence-corrected chi connectivity index (χ2v) is 11.7. The van der Waals surface area contributed by atoms with Crippen LogP contribution >= 0.6 is 0 Å². The summed E-state index contributed by atoms with van der Waals surface area (Å²) in [5, 5.41) is 17.5. The molecule has 11 nitrogen and oxygen atoms in total. The van der Waals surface area contributed by atoms with Crippen LogP contribution in [-0.4, -0.2) is 99.4 Å². The lowest BCUT2D eigenvalue weighted by Gasteiger charge is -2.42. The number of carbonyl (C=O) groups is 5. The van der Waals surface area contributed by atoms with Crippen LogP contribution in [0.3, 0.4) is 0 Å². The molecule has 0 aliphatic heterocycles. The Kier molecular flexibility index (Phi) is 16.5. The van der Waals surface area contributed by atoms with E-state index in [0.29, 0.717) is 55.2 Å². The first-order chi connectivity index (χ1) is 21.1. The zero-order valence-corrected chi connectivity index (χ0v) is 26.8. The molecule has 0 aromatic heterocycles. The van der Waals surface area contributed by atoms with Gasteiger partial charge in [-0.15, -0.1) is 0 Å². The van der Waals surface area contributed by atoms with Gasteiger partial charge < -0.3 is 30.2 Å². The number of rotatable bonds is 13. The van der Waals surface area contributed by atoms with E-state index in [1.54, 1.807) is 24.3 Å². The molecule has 0 spiro atoms. The van der Waals surface area contributed by atoms with Gasteiger partial charge in [-0.2, -0.15) is 0 Å². The first-order valence-corrected chi connectivity index (χ1v) is 16.2. The molecule has 3 rings (SSSR count). The second kappa shape index (κ2) is 19.7. The van der Waals surface area contributed by atoms with Crippen LogP contribution in [0.25, 0.3) is 0 Å². The van der Waals surface area contributed by atoms with Gasteiger partial charge >= 0.3 is 11.9 Å². The van der Waals surface area contributed by atoms with E-state index in [9.17, 15) is 14.4 Å². The highest BCUT2D eigenvalue weighted by molar-refractivity contribution is 6.27. The average Bonchev–Trinajstić information content (AvgIpc) is 3.02. The van der Waals surface area contributed by atoms with E-state index in [-0.39, 0.29) is 11.8 Å². The number of carboxylic acids is 2. The Labute approximate surface area is 262 Å². The monoisotopic (exact) mass is 616 g/mol. The zero-order valence-electron chi connectivity index (χ0n) is 26.8. The molecule has 0 saturated heterocycles. The lowest BCUT2D eigenvalue weighted by molar-refractivity contribution is -0.159. The molecule has 2 aliphatic rings. The summed E-state index contributed by atoms with van der Waals surface area (Å²) in [5.41, 5.74) is 1.29. The van der Waals surface area contributed by atoms with Crippen molar-refractivity contribution in [3.8, 4) is 0 Å². The van der Waals surface area contributed by atoms with Crippen molar-refractivity contribution >= 4 is 35.3 Å². The Balaban J connectivity index is 0.00000102. The molecule has 3 amide bonds. The van der Waals surface area contributed by atoms with Gasteiger partial charge in [0.15, 0.2) is 0 Å². The molecule has 1 aromatic carbocycles. The van der Waals surface area contributed by atoms with Gasteiger partial charge in [-0.25, -0.2) is 9.59 Å². The molecule has 0 radical (unpaired) electrons. The zero-order chi connectivity index (χ0) is 32.5. The number of carboxylic acid groups (broad SMARTS) is 2. The van der Waals surface area contributed by atoms with E-state index in [1.807, 2.05) is 4.90 Å². The highest BCUT2D eigenvalue weighted by atomic mass is 16.4. The molecule has 44 heavy (non-hydrogen) atoms. The summed E-state index contributed by atoms with van der Waals surface area (Å²) in [5.74, 6) is -3.51. The van der Waals surface area contributed by atoms with Crippen molar-refractivity contribution in [3.63, 3.8) is 0 Å².